The van der Waals surface area contributed by atoms with Gasteiger partial charge in [0.2, 0.25) is 0 Å². The third kappa shape index (κ3) is 3.93. The van der Waals surface area contributed by atoms with E-state index >= 15 is 0 Å². The van der Waals surface area contributed by atoms with Gasteiger partial charge in [-0.25, -0.2) is 0 Å². The maximum Gasteiger partial charge on any atom is 0.0991 e. The number of hydrogen-bond acceptors (Lipinski definition) is 1. The van der Waals surface area contributed by atoms with Crippen molar-refractivity contribution in [1.82, 2.24) is 0 Å². The quantitative estimate of drug-likeness (QED) is 0.208. The predicted molar refractivity (Wildman–Crippen MR) is 177 cm³/mol. The number of nitrogens with zero attached hydrogens (tertiary/aromatic N) is 1. The van der Waals surface area contributed by atoms with Crippen LogP contribution in [0.25, 0.3) is 76.5 Å². The van der Waals surface area contributed by atoms with Crippen molar-refractivity contribution in [1.29, 1.82) is 5.26 Å². The Morgan fingerprint density at radius 1 is 0.333 bits per heavy atom. The van der Waals surface area contributed by atoms with Gasteiger partial charge in [0.25, 0.3) is 0 Å². The molecule has 8 aromatic rings. The molecule has 0 unspecified atom stereocenters. The van der Waals surface area contributed by atoms with E-state index in [4.69, 9.17) is 0 Å². The number of nitriles is 1. The van der Waals surface area contributed by atoms with Crippen LogP contribution in [0.5, 0.6) is 0 Å². The molecule has 0 N–H and O–H groups in total. The third-order valence-electron chi connectivity index (χ3n) is 8.45. The number of benzene rings is 8. The minimum atomic E-state index is 0.670. The van der Waals surface area contributed by atoms with Crippen molar-refractivity contribution in [2.45, 2.75) is 0 Å². The lowest BCUT2D eigenvalue weighted by Gasteiger charge is -2.18. The Labute approximate surface area is 244 Å². The summed E-state index contributed by atoms with van der Waals surface area (Å²) in [6.45, 7) is 0. The highest BCUT2D eigenvalue weighted by molar-refractivity contribution is 6.21. The van der Waals surface area contributed by atoms with Gasteiger partial charge in [0, 0.05) is 0 Å². The zero-order valence-electron chi connectivity index (χ0n) is 22.9. The number of fused-ring (bicyclic) bond motifs is 4. The summed E-state index contributed by atoms with van der Waals surface area (Å²) in [5.74, 6) is 0. The second kappa shape index (κ2) is 9.73. The lowest BCUT2D eigenvalue weighted by Crippen LogP contribution is -1.91. The van der Waals surface area contributed by atoms with Crippen molar-refractivity contribution in [3.63, 3.8) is 0 Å². The molecule has 0 radical (unpaired) electrons. The van der Waals surface area contributed by atoms with Crippen molar-refractivity contribution in [3.05, 3.63) is 157 Å². The van der Waals surface area contributed by atoms with E-state index in [0.29, 0.717) is 5.56 Å². The van der Waals surface area contributed by atoms with Crippen LogP contribution in [-0.4, -0.2) is 0 Å². The van der Waals surface area contributed by atoms with E-state index in [1.807, 2.05) is 12.1 Å². The molecule has 0 fully saturated rings. The molecule has 0 aliphatic carbocycles. The standard InChI is InChI=1S/C41H25N/c42-26-27-13-15-29(16-14-27)40-36-9-3-5-11-38(36)41(39-12-6-4-10-37(39)40)35-22-21-33-24-32(19-20-34(33)25-35)31-18-17-28-7-1-2-8-30(28)23-31/h1-25H. The van der Waals surface area contributed by atoms with Gasteiger partial charge in [0.05, 0.1) is 11.6 Å². The summed E-state index contributed by atoms with van der Waals surface area (Å²) in [6, 6.07) is 56.4. The summed E-state index contributed by atoms with van der Waals surface area (Å²) in [5, 5.41) is 19.2. The van der Waals surface area contributed by atoms with Crippen LogP contribution >= 0.6 is 0 Å². The summed E-state index contributed by atoms with van der Waals surface area (Å²) in [4.78, 5) is 0. The van der Waals surface area contributed by atoms with Crippen LogP contribution in [-0.2, 0) is 0 Å². The van der Waals surface area contributed by atoms with Crippen molar-refractivity contribution >= 4 is 43.1 Å². The van der Waals surface area contributed by atoms with Gasteiger partial charge in [-0.1, -0.05) is 121 Å². The van der Waals surface area contributed by atoms with Gasteiger partial charge in [-0.15, -0.1) is 0 Å². The van der Waals surface area contributed by atoms with Gasteiger partial charge in [-0.3, -0.25) is 0 Å². The van der Waals surface area contributed by atoms with E-state index in [1.54, 1.807) is 0 Å². The first-order valence-electron chi connectivity index (χ1n) is 14.2. The van der Waals surface area contributed by atoms with Crippen LogP contribution in [0.3, 0.4) is 0 Å². The minimum absolute atomic E-state index is 0.670. The van der Waals surface area contributed by atoms with E-state index in [2.05, 4.69) is 146 Å². The van der Waals surface area contributed by atoms with E-state index in [0.717, 1.165) is 5.56 Å². The number of hydrogen-bond donors (Lipinski definition) is 0. The van der Waals surface area contributed by atoms with Gasteiger partial charge in [0.1, 0.15) is 0 Å². The smallest absolute Gasteiger partial charge is 0.0991 e. The fraction of sp³-hybridized carbons (Fsp3) is 0. The summed E-state index contributed by atoms with van der Waals surface area (Å²) < 4.78 is 0. The fourth-order valence-electron chi connectivity index (χ4n) is 6.41. The molecular formula is C41H25N. The molecule has 0 heterocycles. The topological polar surface area (TPSA) is 23.8 Å². The molecule has 0 saturated heterocycles. The molecule has 0 aromatic heterocycles. The van der Waals surface area contributed by atoms with Gasteiger partial charge >= 0.3 is 0 Å². The van der Waals surface area contributed by atoms with Gasteiger partial charge < -0.3 is 0 Å². The molecule has 0 saturated carbocycles. The maximum absolute atomic E-state index is 9.34. The molecule has 1 heteroatoms. The van der Waals surface area contributed by atoms with E-state index < -0.39 is 0 Å². The van der Waals surface area contributed by atoms with Crippen LogP contribution in [0.2, 0.25) is 0 Å². The highest BCUT2D eigenvalue weighted by Gasteiger charge is 2.16. The fourth-order valence-corrected chi connectivity index (χ4v) is 6.41. The molecular weight excluding hydrogens is 506 g/mol. The SMILES string of the molecule is N#Cc1ccc(-c2c3ccccc3c(-c3ccc4cc(-c5ccc6ccccc6c5)ccc4c3)c3ccccc23)cc1. The molecule has 0 aliphatic rings. The molecule has 1 nitrogen and oxygen atoms in total. The average molecular weight is 532 g/mol. The normalized spacial score (nSPS) is 11.3. The lowest BCUT2D eigenvalue weighted by molar-refractivity contribution is 1.49. The second-order valence-electron chi connectivity index (χ2n) is 10.9. The summed E-state index contributed by atoms with van der Waals surface area (Å²) >= 11 is 0. The molecule has 0 aliphatic heterocycles. The van der Waals surface area contributed by atoms with Crippen molar-refractivity contribution < 1.29 is 0 Å². The van der Waals surface area contributed by atoms with Gasteiger partial charge in [-0.05, 0) is 107 Å². The summed E-state index contributed by atoms with van der Waals surface area (Å²) in [5.41, 5.74) is 7.91. The molecule has 0 bridgehead atoms. The van der Waals surface area contributed by atoms with Crippen LogP contribution in [0, 0.1) is 11.3 Å². The van der Waals surface area contributed by atoms with Crippen LogP contribution in [0.4, 0.5) is 0 Å². The Balaban J connectivity index is 1.31. The Morgan fingerprint density at radius 3 is 1.26 bits per heavy atom. The highest BCUT2D eigenvalue weighted by atomic mass is 14.2. The first kappa shape index (κ1) is 24.1. The third-order valence-corrected chi connectivity index (χ3v) is 8.45. The lowest BCUT2D eigenvalue weighted by atomic mass is 9.85. The molecule has 8 rings (SSSR count). The first-order chi connectivity index (χ1) is 20.8. The zero-order chi connectivity index (χ0) is 28.0. The Bertz CT molecular complexity index is 2300. The molecule has 194 valence electrons. The first-order valence-corrected chi connectivity index (χ1v) is 14.2. The summed E-state index contributed by atoms with van der Waals surface area (Å²) in [7, 11) is 0. The summed E-state index contributed by atoms with van der Waals surface area (Å²) in [6.07, 6.45) is 0. The van der Waals surface area contributed by atoms with Crippen molar-refractivity contribution in [2.75, 3.05) is 0 Å². The Kier molecular flexibility index (Phi) is 5.59. The van der Waals surface area contributed by atoms with Crippen molar-refractivity contribution in [2.24, 2.45) is 0 Å². The largest absolute Gasteiger partial charge is 0.192 e. The van der Waals surface area contributed by atoms with Gasteiger partial charge in [-0.2, -0.15) is 5.26 Å². The molecule has 0 atom stereocenters. The van der Waals surface area contributed by atoms with Crippen molar-refractivity contribution in [3.8, 4) is 39.4 Å². The Morgan fingerprint density at radius 2 is 0.714 bits per heavy atom. The highest BCUT2D eigenvalue weighted by Crippen LogP contribution is 2.44. The molecule has 0 amide bonds. The zero-order valence-corrected chi connectivity index (χ0v) is 22.9. The van der Waals surface area contributed by atoms with Gasteiger partial charge in [0.15, 0.2) is 0 Å². The van der Waals surface area contributed by atoms with Crippen LogP contribution in [0.1, 0.15) is 5.56 Å². The molecule has 42 heavy (non-hydrogen) atoms. The number of rotatable bonds is 3. The maximum atomic E-state index is 9.34. The average Bonchev–Trinajstić information content (AvgIpc) is 3.06. The van der Waals surface area contributed by atoms with E-state index in [1.165, 1.54) is 70.9 Å². The molecule has 8 aromatic carbocycles. The minimum Gasteiger partial charge on any atom is -0.192 e. The van der Waals surface area contributed by atoms with E-state index in [-0.39, 0.29) is 0 Å². The van der Waals surface area contributed by atoms with E-state index in [9.17, 15) is 5.26 Å². The molecule has 0 spiro atoms. The Hall–Kier alpha value is -5.71. The van der Waals surface area contributed by atoms with Crippen LogP contribution < -0.4 is 0 Å². The monoisotopic (exact) mass is 531 g/mol. The predicted octanol–water partition coefficient (Wildman–Crippen LogP) is 11.2. The second-order valence-corrected chi connectivity index (χ2v) is 10.9. The van der Waals surface area contributed by atoms with Crippen LogP contribution in [0.15, 0.2) is 152 Å².